The number of rotatable bonds is 28. The van der Waals surface area contributed by atoms with Gasteiger partial charge in [0.2, 0.25) is 0 Å². The van der Waals surface area contributed by atoms with Crippen molar-refractivity contribution in [1.29, 1.82) is 0 Å². The SMILES string of the molecule is Cc1ncc(Oc2cc(-c3ccco3)ncc2C(C)C)c(N)n1.Cc1ncc(Oc2cc(-c3cscn3)ncc2C(C)C)c(N)n1.Cc1ncc(Oc2cc(-n3ccc4ccccc43)ncc2C(C)C)c(N)n1.Cc1ncc(Oc2cc(-n3cccc3)ncc2C(C)C)c(N)n1.Cc1ncc(Oc2cc(S(=O)(=O)Cc3ccccc3)ncc2C(C)C)c(N)n1.Cc1ncc(Oc2cc(SCc3ccccc3)ncc2C(C)C)c(N)n1. The number of para-hydroxylation sites is 1. The monoisotopic (exact) mass is 2070 g/mol. The summed E-state index contributed by atoms with van der Waals surface area (Å²) in [4.78, 5) is 80.8. The molecule has 0 unspecified atom stereocenters. The van der Waals surface area contributed by atoms with Crippen LogP contribution in [-0.2, 0) is 21.3 Å². The minimum Gasteiger partial charge on any atom is -0.463 e. The molecule has 19 aromatic rings. The highest BCUT2D eigenvalue weighted by molar-refractivity contribution is 7.98. The summed E-state index contributed by atoms with van der Waals surface area (Å²) in [7, 11) is -3.64. The lowest BCUT2D eigenvalue weighted by Gasteiger charge is -2.16. The molecule has 0 saturated heterocycles. The molecule has 19 rings (SSSR count). The van der Waals surface area contributed by atoms with Crippen LogP contribution in [-0.4, -0.2) is 112 Å². The highest BCUT2D eigenvalue weighted by Gasteiger charge is 2.26. The normalized spacial score (nSPS) is 11.1. The summed E-state index contributed by atoms with van der Waals surface area (Å²) in [6, 6.07) is 48.1. The van der Waals surface area contributed by atoms with Crippen molar-refractivity contribution in [3.63, 3.8) is 0 Å². The predicted octanol–water partition coefficient (Wildman–Crippen LogP) is 24.5. The lowest BCUT2D eigenvalue weighted by atomic mass is 10.0. The molecule has 16 aromatic heterocycles. The first-order chi connectivity index (χ1) is 71.9. The van der Waals surface area contributed by atoms with Crippen LogP contribution in [0, 0.1) is 41.5 Å². The maximum atomic E-state index is 12.8. The van der Waals surface area contributed by atoms with Crippen molar-refractivity contribution in [2.24, 2.45) is 0 Å². The van der Waals surface area contributed by atoms with E-state index in [2.05, 4.69) is 194 Å². The third kappa shape index (κ3) is 28.9. The second kappa shape index (κ2) is 50.2. The van der Waals surface area contributed by atoms with Crippen LogP contribution in [0.3, 0.4) is 0 Å². The number of anilines is 6. The van der Waals surface area contributed by atoms with Crippen molar-refractivity contribution in [2.75, 3.05) is 34.4 Å². The van der Waals surface area contributed by atoms with Crippen molar-refractivity contribution in [1.82, 2.24) is 104 Å². The van der Waals surface area contributed by atoms with Gasteiger partial charge in [0, 0.05) is 137 Å². The van der Waals surface area contributed by atoms with E-state index in [-0.39, 0.29) is 57.9 Å². The van der Waals surface area contributed by atoms with Crippen LogP contribution in [0.4, 0.5) is 34.9 Å². The zero-order valence-electron chi connectivity index (χ0n) is 86.5. The number of nitrogens with two attached hydrogens (primary N) is 6. The molecule has 12 N–H and O–H groups in total. The molecule has 36 nitrogen and oxygen atoms in total. The Morgan fingerprint density at radius 2 is 0.693 bits per heavy atom. The smallest absolute Gasteiger partial charge is 0.199 e. The summed E-state index contributed by atoms with van der Waals surface area (Å²) in [5.74, 6) is 16.0. The number of hydrogen-bond donors (Lipinski definition) is 6. The van der Waals surface area contributed by atoms with E-state index in [9.17, 15) is 8.42 Å². The fourth-order valence-corrected chi connectivity index (χ4v) is 17.4. The third-order valence-corrected chi connectivity index (χ3v) is 25.9. The number of hydrogen-bond acceptors (Lipinski definition) is 36. The third-order valence-electron chi connectivity index (χ3n) is 22.7. The number of thiazole rings is 1. The molecule has 0 fully saturated rings. The number of furan rings is 1. The number of nitrogens with zero attached hydrogens (tertiary/aromatic N) is 21. The topological polar surface area (TPSA) is 514 Å². The van der Waals surface area contributed by atoms with Gasteiger partial charge in [-0.15, -0.1) is 23.1 Å². The number of benzene rings is 3. The van der Waals surface area contributed by atoms with Gasteiger partial charge < -0.3 is 76.4 Å². The van der Waals surface area contributed by atoms with Crippen molar-refractivity contribution in [3.05, 3.63) is 341 Å². The fraction of sp³-hybridized carbons (Fsp3) is 0.234. The number of aromatic nitrogens is 21. The molecule has 0 aliphatic heterocycles. The second-order valence-electron chi connectivity index (χ2n) is 36.2. The van der Waals surface area contributed by atoms with E-state index in [1.807, 2.05) is 163 Å². The first kappa shape index (κ1) is 108. The van der Waals surface area contributed by atoms with Crippen LogP contribution in [0.1, 0.15) is 198 Å². The maximum absolute atomic E-state index is 12.8. The van der Waals surface area contributed by atoms with E-state index >= 15 is 0 Å². The Morgan fingerprint density at radius 1 is 0.333 bits per heavy atom. The van der Waals surface area contributed by atoms with E-state index < -0.39 is 9.84 Å². The standard InChI is InChI=1S/C21H21N5O.C20H22N4O3S.C20H22N4OS.C17H19N5O.C17H18N4O2.C16H17N5OS/c1-13(2)16-11-24-20(26-9-8-15-6-4-5-7-17(15)26)10-18(16)27-19-12-23-14(3)25-21(19)22;1-13(2)16-10-23-19(28(25,26)12-15-7-5-4-6-8-15)9-17(16)27-18-11-22-14(3)24-20(18)21;1-13(2)16-10-23-19(26-12-15-7-5-4-6-8-15)9-17(16)25-18-11-22-14(3)24-20(18)21;1-11(2)13-9-20-16(22-6-4-5-7-22)8-14(13)23-15-10-19-12(3)21-17(15)18;1-10(2)12-8-20-13(14-5-4-6-22-14)7-15(12)23-16-9-19-11(3)21-17(16)18;1-9(2)11-5-19-12(13-7-23-8-20-13)4-14(11)22-15-6-18-10(3)21-16(15)17/h4-13H,1-3H3,(H2,22,23,25);4-11,13H,12H2,1-3H3,(H2,21,22,24);4-11,13H,12H2,1-3H3,(H2,21,22,24);4-11H,1-3H3,(H2,18,19,21);4-10H,1-3H3,(H2,18,19,21);4-9H,1-3H3,(H2,17,18,21). The summed E-state index contributed by atoms with van der Waals surface area (Å²) >= 11 is 3.20. The quantitative estimate of drug-likeness (QED) is 0.0248. The van der Waals surface area contributed by atoms with E-state index in [1.54, 1.807) is 127 Å². The van der Waals surface area contributed by atoms with Crippen LogP contribution < -0.4 is 62.8 Å². The van der Waals surface area contributed by atoms with Gasteiger partial charge in [0.25, 0.3) is 0 Å². The molecule has 0 atom stereocenters. The number of thioether (sulfide) groups is 1. The van der Waals surface area contributed by atoms with Gasteiger partial charge in [-0.25, -0.2) is 93.1 Å². The summed E-state index contributed by atoms with van der Waals surface area (Å²) in [5.41, 5.74) is 48.5. The fourth-order valence-electron chi connectivity index (χ4n) is 14.7. The molecule has 0 bridgehead atoms. The Labute approximate surface area is 879 Å². The number of ether oxygens (including phenoxy) is 6. The summed E-state index contributed by atoms with van der Waals surface area (Å²) in [5, 5.41) is 3.96. The Hall–Kier alpha value is -17.3. The maximum Gasteiger partial charge on any atom is 0.199 e. The Kier molecular flexibility index (Phi) is 36.3. The highest BCUT2D eigenvalue weighted by Crippen LogP contribution is 2.43. The zero-order chi connectivity index (χ0) is 107. The molecular weight excluding hydrogens is 1950 g/mol. The van der Waals surface area contributed by atoms with Crippen LogP contribution in [0.15, 0.2) is 276 Å². The molecule has 16 heterocycles. The van der Waals surface area contributed by atoms with Gasteiger partial charge in [-0.3, -0.25) is 9.97 Å². The van der Waals surface area contributed by atoms with Gasteiger partial charge in [-0.2, -0.15) is 0 Å². The van der Waals surface area contributed by atoms with Crippen molar-refractivity contribution in [3.8, 4) is 103 Å². The number of fused-ring (bicyclic) bond motifs is 1. The van der Waals surface area contributed by atoms with E-state index in [1.165, 1.54) is 35.4 Å². The Bertz CT molecular complexity index is 7580. The molecule has 0 radical (unpaired) electrons. The zero-order valence-corrected chi connectivity index (χ0v) is 88.9. The average Bonchev–Trinajstić information content (AvgIpc) is 1.63. The molecule has 0 aliphatic carbocycles. The molecule has 0 aliphatic rings. The van der Waals surface area contributed by atoms with Gasteiger partial charge >= 0.3 is 0 Å². The minimum atomic E-state index is -3.64. The van der Waals surface area contributed by atoms with Gasteiger partial charge in [0.05, 0.1) is 76.6 Å². The van der Waals surface area contributed by atoms with Gasteiger partial charge in [-0.05, 0) is 130 Å². The molecule has 0 spiro atoms. The summed E-state index contributed by atoms with van der Waals surface area (Å²) in [6.07, 6.45) is 27.6. The number of aryl methyl sites for hydroxylation is 6. The molecule has 770 valence electrons. The van der Waals surface area contributed by atoms with Crippen molar-refractivity contribution in [2.45, 2.75) is 182 Å². The number of nitrogen functional groups attached to an aromatic ring is 6. The number of sulfone groups is 1. The van der Waals surface area contributed by atoms with Gasteiger partial charge in [0.1, 0.15) is 86.8 Å². The van der Waals surface area contributed by atoms with Crippen LogP contribution in [0.25, 0.3) is 45.4 Å². The van der Waals surface area contributed by atoms with Crippen LogP contribution >= 0.6 is 23.1 Å². The Morgan fingerprint density at radius 3 is 1.10 bits per heavy atom. The lowest BCUT2D eigenvalue weighted by Crippen LogP contribution is -2.09. The molecule has 39 heteroatoms. The molecule has 0 amide bonds. The number of pyridine rings is 6. The largest absolute Gasteiger partial charge is 0.463 e. The molecule has 3 aromatic carbocycles. The van der Waals surface area contributed by atoms with Crippen molar-refractivity contribution < 1.29 is 41.3 Å². The van der Waals surface area contributed by atoms with Crippen LogP contribution in [0.5, 0.6) is 69.0 Å². The van der Waals surface area contributed by atoms with E-state index in [0.29, 0.717) is 139 Å². The highest BCUT2D eigenvalue weighted by atomic mass is 32.2. The molecular formula is C111H119N27O9S3. The lowest BCUT2D eigenvalue weighted by molar-refractivity contribution is 0.466. The average molecular weight is 2070 g/mol. The second-order valence-corrected chi connectivity index (χ2v) is 39.9. The Balaban J connectivity index is 0.000000142. The molecule has 150 heavy (non-hydrogen) atoms. The summed E-state index contributed by atoms with van der Waals surface area (Å²) in [6.45, 7) is 35.5. The summed E-state index contributed by atoms with van der Waals surface area (Å²) < 4.78 is 71.0. The van der Waals surface area contributed by atoms with Crippen LogP contribution in [0.2, 0.25) is 0 Å². The minimum absolute atomic E-state index is 0.0534. The van der Waals surface area contributed by atoms with Gasteiger partial charge in [-0.1, -0.05) is 162 Å². The molecule has 0 saturated carbocycles. The van der Waals surface area contributed by atoms with E-state index in [0.717, 1.165) is 83.8 Å². The first-order valence-electron chi connectivity index (χ1n) is 48.1. The predicted molar refractivity (Wildman–Crippen MR) is 586 cm³/mol. The van der Waals surface area contributed by atoms with Gasteiger partial charge in [0.15, 0.2) is 90.0 Å². The van der Waals surface area contributed by atoms with E-state index in [4.69, 9.17) is 67.2 Å². The first-order valence-corrected chi connectivity index (χ1v) is 51.7. The van der Waals surface area contributed by atoms with Crippen molar-refractivity contribution >= 4 is 78.7 Å².